The van der Waals surface area contributed by atoms with Crippen molar-refractivity contribution >= 4 is 5.57 Å². The summed E-state index contributed by atoms with van der Waals surface area (Å²) in [7, 11) is 0. The van der Waals surface area contributed by atoms with E-state index < -0.39 is 5.60 Å². The van der Waals surface area contributed by atoms with E-state index in [4.69, 9.17) is 24.4 Å². The summed E-state index contributed by atoms with van der Waals surface area (Å²) in [5, 5.41) is 9.49. The highest BCUT2D eigenvalue weighted by Gasteiger charge is 2.52. The van der Waals surface area contributed by atoms with Gasteiger partial charge in [-0.3, -0.25) is 0 Å². The number of para-hydroxylation sites is 1. The number of allylic oxidation sites excluding steroid dienone is 2. The van der Waals surface area contributed by atoms with Crippen molar-refractivity contribution in [3.8, 4) is 62.9 Å². The van der Waals surface area contributed by atoms with Crippen LogP contribution in [0.4, 0.5) is 0 Å². The summed E-state index contributed by atoms with van der Waals surface area (Å²) in [5.41, 5.74) is 8.98. The molecule has 3 aliphatic rings. The Kier molecular flexibility index (Phi) is 6.62. The van der Waals surface area contributed by atoms with Crippen LogP contribution in [0, 0.1) is 11.3 Å². The SMILES string of the molecule is CC1(C)C2=C(c3ccccc31)C1Oc3c(cccc3-c3nc(-c4ccccc4)nc(-c4cccc(-c5cccc(C#N)c5)c4)n3)OC1(C)C=C2. The molecule has 6 heteroatoms. The summed E-state index contributed by atoms with van der Waals surface area (Å²) in [4.78, 5) is 15.1. The zero-order valence-electron chi connectivity index (χ0n) is 27.9. The van der Waals surface area contributed by atoms with Gasteiger partial charge in [-0.25, -0.2) is 15.0 Å². The molecule has 6 nitrogen and oxygen atoms in total. The van der Waals surface area contributed by atoms with Crippen LogP contribution in [0.25, 0.3) is 50.9 Å². The van der Waals surface area contributed by atoms with Gasteiger partial charge in [-0.1, -0.05) is 111 Å². The molecular weight excluding hydrogens is 617 g/mol. The molecule has 2 heterocycles. The first-order chi connectivity index (χ1) is 24.3. The fourth-order valence-electron chi connectivity index (χ4n) is 7.55. The second-order valence-corrected chi connectivity index (χ2v) is 13.7. The Bertz CT molecular complexity index is 2460. The molecule has 6 aromatic rings. The van der Waals surface area contributed by atoms with Crippen LogP contribution in [0.2, 0.25) is 0 Å². The van der Waals surface area contributed by atoms with Crippen molar-refractivity contribution in [1.29, 1.82) is 5.26 Å². The van der Waals surface area contributed by atoms with Crippen LogP contribution in [0.5, 0.6) is 11.5 Å². The molecule has 5 aromatic carbocycles. The molecule has 0 N–H and O–H groups in total. The second kappa shape index (κ2) is 11.1. The van der Waals surface area contributed by atoms with E-state index in [1.165, 1.54) is 16.7 Å². The third-order valence-electron chi connectivity index (χ3n) is 10.1. The van der Waals surface area contributed by atoms with Gasteiger partial charge in [-0.05, 0) is 71.2 Å². The van der Waals surface area contributed by atoms with Crippen molar-refractivity contribution in [2.75, 3.05) is 0 Å². The summed E-state index contributed by atoms with van der Waals surface area (Å²) >= 11 is 0. The fraction of sp³-hybridized carbons (Fsp3) is 0.136. The highest BCUT2D eigenvalue weighted by atomic mass is 16.6. The molecule has 0 saturated carbocycles. The Morgan fingerprint density at radius 3 is 2.10 bits per heavy atom. The van der Waals surface area contributed by atoms with Gasteiger partial charge in [-0.2, -0.15) is 5.26 Å². The minimum absolute atomic E-state index is 0.162. The van der Waals surface area contributed by atoms with E-state index in [-0.39, 0.29) is 11.5 Å². The standard InChI is InChI=1S/C44H32N4O2/c1-43(2)34-20-8-7-18-32(34)37-35(43)22-23-44(3)39(37)49-38-33(19-11-21-36(38)50-44)42-47-40(28-13-5-4-6-14-28)46-41(48-42)31-17-10-16-30(25-31)29-15-9-12-27(24-29)26-45/h4-25,39H,1-3H3. The van der Waals surface area contributed by atoms with Gasteiger partial charge in [-0.15, -0.1) is 0 Å². The molecule has 0 bridgehead atoms. The van der Waals surface area contributed by atoms with Gasteiger partial charge in [0.2, 0.25) is 0 Å². The molecule has 0 radical (unpaired) electrons. The molecule has 0 fully saturated rings. The summed E-state index contributed by atoms with van der Waals surface area (Å²) in [6, 6.07) is 42.3. The van der Waals surface area contributed by atoms with E-state index in [2.05, 4.69) is 69.3 Å². The van der Waals surface area contributed by atoms with Gasteiger partial charge in [0.1, 0.15) is 0 Å². The van der Waals surface area contributed by atoms with E-state index in [1.807, 2.05) is 84.9 Å². The number of aromatic nitrogens is 3. The third kappa shape index (κ3) is 4.66. The number of benzene rings is 5. The monoisotopic (exact) mass is 648 g/mol. The Morgan fingerprint density at radius 1 is 0.640 bits per heavy atom. The first-order valence-corrected chi connectivity index (χ1v) is 16.8. The van der Waals surface area contributed by atoms with Gasteiger partial charge >= 0.3 is 0 Å². The van der Waals surface area contributed by atoms with Gasteiger partial charge in [0, 0.05) is 22.1 Å². The largest absolute Gasteiger partial charge is 0.476 e. The lowest BCUT2D eigenvalue weighted by molar-refractivity contribution is 0.00743. The predicted octanol–water partition coefficient (Wildman–Crippen LogP) is 9.62. The second-order valence-electron chi connectivity index (χ2n) is 13.7. The maximum absolute atomic E-state index is 9.49. The minimum Gasteiger partial charge on any atom is -0.476 e. The highest BCUT2D eigenvalue weighted by molar-refractivity contribution is 5.88. The summed E-state index contributed by atoms with van der Waals surface area (Å²) in [5.74, 6) is 2.82. The van der Waals surface area contributed by atoms with Crippen molar-refractivity contribution in [2.24, 2.45) is 0 Å². The molecule has 0 amide bonds. The lowest BCUT2D eigenvalue weighted by Crippen LogP contribution is -2.51. The van der Waals surface area contributed by atoms with E-state index in [1.54, 1.807) is 6.07 Å². The molecule has 1 aromatic heterocycles. The maximum Gasteiger partial charge on any atom is 0.173 e. The fourth-order valence-corrected chi connectivity index (χ4v) is 7.55. The van der Waals surface area contributed by atoms with Gasteiger partial charge in [0.05, 0.1) is 17.2 Å². The van der Waals surface area contributed by atoms with Crippen molar-refractivity contribution < 1.29 is 9.47 Å². The molecule has 50 heavy (non-hydrogen) atoms. The van der Waals surface area contributed by atoms with Crippen LogP contribution in [0.1, 0.15) is 37.5 Å². The number of rotatable bonds is 4. The normalized spacial score (nSPS) is 19.3. The zero-order chi connectivity index (χ0) is 34.0. The maximum atomic E-state index is 9.49. The topological polar surface area (TPSA) is 80.9 Å². The summed E-state index contributed by atoms with van der Waals surface area (Å²) in [6.45, 7) is 6.64. The Labute approximate surface area is 291 Å². The van der Waals surface area contributed by atoms with E-state index in [9.17, 15) is 5.26 Å². The predicted molar refractivity (Wildman–Crippen MR) is 195 cm³/mol. The molecule has 2 aliphatic carbocycles. The molecule has 2 atom stereocenters. The summed E-state index contributed by atoms with van der Waals surface area (Å²) < 4.78 is 14.0. The van der Waals surface area contributed by atoms with Crippen molar-refractivity contribution in [3.63, 3.8) is 0 Å². The number of nitrogens with zero attached hydrogens (tertiary/aromatic N) is 4. The quantitative estimate of drug-likeness (QED) is 0.189. The number of ether oxygens (including phenoxy) is 2. The van der Waals surface area contributed by atoms with Crippen LogP contribution in [-0.2, 0) is 5.41 Å². The molecule has 0 saturated heterocycles. The minimum atomic E-state index is -0.708. The number of hydrogen-bond acceptors (Lipinski definition) is 6. The Morgan fingerprint density at radius 2 is 1.28 bits per heavy atom. The average Bonchev–Trinajstić information content (AvgIpc) is 3.39. The number of hydrogen-bond donors (Lipinski definition) is 0. The molecular formula is C44H32N4O2. The van der Waals surface area contributed by atoms with Crippen LogP contribution in [-0.4, -0.2) is 26.7 Å². The van der Waals surface area contributed by atoms with E-state index in [0.717, 1.165) is 33.4 Å². The van der Waals surface area contributed by atoms with Crippen LogP contribution < -0.4 is 9.47 Å². The molecule has 9 rings (SSSR count). The molecule has 2 unspecified atom stereocenters. The smallest absolute Gasteiger partial charge is 0.173 e. The van der Waals surface area contributed by atoms with Crippen LogP contribution >= 0.6 is 0 Å². The van der Waals surface area contributed by atoms with E-state index >= 15 is 0 Å². The molecule has 240 valence electrons. The van der Waals surface area contributed by atoms with Gasteiger partial charge < -0.3 is 9.47 Å². The Hall–Kier alpha value is -6.32. The molecule has 0 spiro atoms. The van der Waals surface area contributed by atoms with Gasteiger partial charge in [0.15, 0.2) is 40.7 Å². The first-order valence-electron chi connectivity index (χ1n) is 16.8. The van der Waals surface area contributed by atoms with Crippen molar-refractivity contribution in [3.05, 3.63) is 156 Å². The molecule has 1 aliphatic heterocycles. The zero-order valence-corrected chi connectivity index (χ0v) is 27.9. The lowest BCUT2D eigenvalue weighted by atomic mass is 9.77. The first kappa shape index (κ1) is 29.8. The van der Waals surface area contributed by atoms with Crippen molar-refractivity contribution in [1.82, 2.24) is 15.0 Å². The van der Waals surface area contributed by atoms with E-state index in [0.29, 0.717) is 34.5 Å². The Balaban J connectivity index is 1.19. The summed E-state index contributed by atoms with van der Waals surface area (Å²) in [6.07, 6.45) is 3.99. The lowest BCUT2D eigenvalue weighted by Gasteiger charge is -2.44. The average molecular weight is 649 g/mol. The highest BCUT2D eigenvalue weighted by Crippen LogP contribution is 2.56. The van der Waals surface area contributed by atoms with Crippen LogP contribution in [0.3, 0.4) is 0 Å². The van der Waals surface area contributed by atoms with Gasteiger partial charge in [0.25, 0.3) is 0 Å². The third-order valence-corrected chi connectivity index (χ3v) is 10.1. The van der Waals surface area contributed by atoms with Crippen molar-refractivity contribution in [2.45, 2.75) is 37.9 Å². The number of nitriles is 1. The number of fused-ring (bicyclic) bond motifs is 5. The van der Waals surface area contributed by atoms with Crippen LogP contribution in [0.15, 0.2) is 139 Å².